The van der Waals surface area contributed by atoms with Gasteiger partial charge in [0.05, 0.1) is 12.6 Å². The zero-order valence-electron chi connectivity index (χ0n) is 16.0. The summed E-state index contributed by atoms with van der Waals surface area (Å²) in [7, 11) is 0. The second kappa shape index (κ2) is 8.65. The van der Waals surface area contributed by atoms with Crippen molar-refractivity contribution >= 4 is 5.91 Å². The van der Waals surface area contributed by atoms with Gasteiger partial charge < -0.3 is 10.0 Å². The molecular weight excluding hydrogens is 314 g/mol. The highest BCUT2D eigenvalue weighted by Gasteiger charge is 2.36. The van der Waals surface area contributed by atoms with Crippen molar-refractivity contribution in [2.45, 2.75) is 77.0 Å². The molecule has 0 aromatic carbocycles. The van der Waals surface area contributed by atoms with E-state index < -0.39 is 0 Å². The minimum atomic E-state index is -0.286. The number of hydrogen-bond acceptors (Lipinski definition) is 4. The van der Waals surface area contributed by atoms with Gasteiger partial charge in [-0.2, -0.15) is 0 Å². The Kier molecular flexibility index (Phi) is 6.53. The van der Waals surface area contributed by atoms with Gasteiger partial charge in [-0.05, 0) is 51.9 Å². The number of nitrogens with zero attached hydrogens (tertiary/aromatic N) is 3. The van der Waals surface area contributed by atoms with E-state index in [0.29, 0.717) is 24.5 Å². The van der Waals surface area contributed by atoms with E-state index in [-0.39, 0.29) is 6.10 Å². The molecule has 2 aliphatic carbocycles. The van der Waals surface area contributed by atoms with Crippen molar-refractivity contribution in [3.63, 3.8) is 0 Å². The van der Waals surface area contributed by atoms with Crippen molar-refractivity contribution in [2.75, 3.05) is 32.7 Å². The van der Waals surface area contributed by atoms with Crippen LogP contribution in [-0.2, 0) is 4.79 Å². The first-order valence-corrected chi connectivity index (χ1v) is 10.2. The smallest absolute Gasteiger partial charge is 0.241 e. The molecule has 3 rings (SSSR count). The van der Waals surface area contributed by atoms with Gasteiger partial charge in [-0.15, -0.1) is 0 Å². The minimum absolute atomic E-state index is 0.286. The molecule has 3 aliphatic rings. The molecule has 0 spiro atoms. The van der Waals surface area contributed by atoms with E-state index in [1.54, 1.807) is 0 Å². The SMILES string of the molecule is CC[C@H]1CN(CC(=O)N(C2=CCCCC2)C2CC2)CCN1C[C@@H](C)O. The fourth-order valence-electron chi connectivity index (χ4n) is 4.31. The first kappa shape index (κ1) is 18.9. The average molecular weight is 350 g/mol. The van der Waals surface area contributed by atoms with Crippen molar-refractivity contribution in [3.05, 3.63) is 11.8 Å². The maximum atomic E-state index is 13.0. The van der Waals surface area contributed by atoms with Gasteiger partial charge in [0.1, 0.15) is 0 Å². The van der Waals surface area contributed by atoms with Crippen LogP contribution in [0, 0.1) is 0 Å². The molecule has 1 N–H and O–H groups in total. The molecule has 1 saturated heterocycles. The molecule has 2 atom stereocenters. The lowest BCUT2D eigenvalue weighted by molar-refractivity contribution is -0.132. The summed E-state index contributed by atoms with van der Waals surface area (Å²) < 4.78 is 0. The molecule has 0 radical (unpaired) electrons. The van der Waals surface area contributed by atoms with Crippen LogP contribution in [0.2, 0.25) is 0 Å². The first-order chi connectivity index (χ1) is 12.1. The zero-order chi connectivity index (χ0) is 17.8. The van der Waals surface area contributed by atoms with Crippen LogP contribution in [0.15, 0.2) is 11.8 Å². The molecule has 25 heavy (non-hydrogen) atoms. The number of rotatable bonds is 7. The zero-order valence-corrected chi connectivity index (χ0v) is 16.0. The van der Waals surface area contributed by atoms with E-state index in [1.807, 2.05) is 6.92 Å². The van der Waals surface area contributed by atoms with Gasteiger partial charge >= 0.3 is 0 Å². The number of carbonyl (C=O) groups excluding carboxylic acids is 1. The van der Waals surface area contributed by atoms with Crippen molar-refractivity contribution < 1.29 is 9.90 Å². The highest BCUT2D eigenvalue weighted by molar-refractivity contribution is 5.80. The normalized spacial score (nSPS) is 27.0. The van der Waals surface area contributed by atoms with Crippen molar-refractivity contribution in [1.29, 1.82) is 0 Å². The molecule has 5 nitrogen and oxygen atoms in total. The number of piperazine rings is 1. The van der Waals surface area contributed by atoms with Crippen LogP contribution in [0.4, 0.5) is 0 Å². The molecule has 142 valence electrons. The Balaban J connectivity index is 1.57. The summed E-state index contributed by atoms with van der Waals surface area (Å²) in [5, 5.41) is 9.69. The Morgan fingerprint density at radius 2 is 2.16 bits per heavy atom. The third-order valence-corrected chi connectivity index (χ3v) is 5.77. The van der Waals surface area contributed by atoms with Gasteiger partial charge in [0.2, 0.25) is 5.91 Å². The quantitative estimate of drug-likeness (QED) is 0.765. The summed E-state index contributed by atoms with van der Waals surface area (Å²) in [4.78, 5) is 19.9. The number of β-amino-alcohol motifs (C(OH)–C–C–N with tert-alkyl or cyclic N) is 1. The predicted octanol–water partition coefficient (Wildman–Crippen LogP) is 2.21. The topological polar surface area (TPSA) is 47.0 Å². The van der Waals surface area contributed by atoms with Gasteiger partial charge in [-0.3, -0.25) is 14.6 Å². The standard InChI is InChI=1S/C20H35N3O2/c1-3-17-14-21(11-12-22(17)13-16(2)24)15-20(25)23(19-9-10-19)18-7-5-4-6-8-18/h7,16-17,19,24H,3-6,8-15H2,1-2H3/t16-,17+/m1/s1. The van der Waals surface area contributed by atoms with E-state index in [9.17, 15) is 9.90 Å². The van der Waals surface area contributed by atoms with E-state index >= 15 is 0 Å². The van der Waals surface area contributed by atoms with Gasteiger partial charge in [-0.25, -0.2) is 0 Å². The summed E-state index contributed by atoms with van der Waals surface area (Å²) in [6, 6.07) is 0.912. The van der Waals surface area contributed by atoms with Crippen LogP contribution in [0.1, 0.15) is 58.8 Å². The van der Waals surface area contributed by atoms with E-state index in [0.717, 1.165) is 45.4 Å². The van der Waals surface area contributed by atoms with E-state index in [1.165, 1.54) is 31.4 Å². The molecule has 0 unspecified atom stereocenters. The van der Waals surface area contributed by atoms with Gasteiger partial charge in [0.15, 0.2) is 0 Å². The summed E-state index contributed by atoms with van der Waals surface area (Å²) in [5.41, 5.74) is 1.29. The lowest BCUT2D eigenvalue weighted by Gasteiger charge is -2.42. The molecule has 1 aliphatic heterocycles. The number of hydrogen-bond donors (Lipinski definition) is 1. The van der Waals surface area contributed by atoms with E-state index in [4.69, 9.17) is 0 Å². The molecule has 0 aromatic heterocycles. The number of amides is 1. The second-order valence-electron chi connectivity index (χ2n) is 8.08. The molecule has 0 aromatic rings. The maximum absolute atomic E-state index is 13.0. The molecule has 1 heterocycles. The minimum Gasteiger partial charge on any atom is -0.392 e. The molecular formula is C20H35N3O2. The summed E-state index contributed by atoms with van der Waals surface area (Å²) in [6.07, 6.45) is 10.1. The van der Waals surface area contributed by atoms with Crippen molar-refractivity contribution in [2.24, 2.45) is 0 Å². The van der Waals surface area contributed by atoms with Crippen molar-refractivity contribution in [3.8, 4) is 0 Å². The average Bonchev–Trinajstić information content (AvgIpc) is 3.42. The predicted molar refractivity (Wildman–Crippen MR) is 100 cm³/mol. The fraction of sp³-hybridized carbons (Fsp3) is 0.850. The fourth-order valence-corrected chi connectivity index (χ4v) is 4.31. The van der Waals surface area contributed by atoms with Crippen LogP contribution >= 0.6 is 0 Å². The molecule has 1 saturated carbocycles. The van der Waals surface area contributed by atoms with Crippen LogP contribution in [0.25, 0.3) is 0 Å². The number of aliphatic hydroxyl groups excluding tert-OH is 1. The van der Waals surface area contributed by atoms with Crippen molar-refractivity contribution in [1.82, 2.24) is 14.7 Å². The Morgan fingerprint density at radius 3 is 2.76 bits per heavy atom. The van der Waals surface area contributed by atoms with Gasteiger partial charge in [0.25, 0.3) is 0 Å². The van der Waals surface area contributed by atoms with Gasteiger partial charge in [0, 0.05) is 44.0 Å². The third-order valence-electron chi connectivity index (χ3n) is 5.77. The summed E-state index contributed by atoms with van der Waals surface area (Å²) >= 11 is 0. The molecule has 5 heteroatoms. The number of aliphatic hydroxyl groups is 1. The number of allylic oxidation sites excluding steroid dienone is 2. The van der Waals surface area contributed by atoms with E-state index in [2.05, 4.69) is 27.7 Å². The third kappa shape index (κ3) is 5.05. The largest absolute Gasteiger partial charge is 0.392 e. The highest BCUT2D eigenvalue weighted by atomic mass is 16.3. The molecule has 1 amide bonds. The lowest BCUT2D eigenvalue weighted by Crippen LogP contribution is -2.56. The monoisotopic (exact) mass is 349 g/mol. The Labute approximate surface area is 152 Å². The number of carbonyl (C=O) groups is 1. The Morgan fingerprint density at radius 1 is 1.36 bits per heavy atom. The lowest BCUT2D eigenvalue weighted by atomic mass is 10.0. The van der Waals surface area contributed by atoms with Crippen LogP contribution in [0.3, 0.4) is 0 Å². The summed E-state index contributed by atoms with van der Waals surface area (Å²) in [6.45, 7) is 8.15. The highest BCUT2D eigenvalue weighted by Crippen LogP contribution is 2.34. The Bertz CT molecular complexity index is 487. The molecule has 2 fully saturated rings. The van der Waals surface area contributed by atoms with Crippen LogP contribution < -0.4 is 0 Å². The first-order valence-electron chi connectivity index (χ1n) is 10.2. The second-order valence-corrected chi connectivity index (χ2v) is 8.08. The molecule has 0 bridgehead atoms. The maximum Gasteiger partial charge on any atom is 0.241 e. The summed E-state index contributed by atoms with van der Waals surface area (Å²) in [5.74, 6) is 0.300. The van der Waals surface area contributed by atoms with Crippen LogP contribution in [0.5, 0.6) is 0 Å². The Hall–Kier alpha value is -0.910. The van der Waals surface area contributed by atoms with Crippen LogP contribution in [-0.4, -0.2) is 76.6 Å². The van der Waals surface area contributed by atoms with Gasteiger partial charge in [-0.1, -0.05) is 13.0 Å².